The molecule has 0 aliphatic rings. The average Bonchev–Trinajstić information content (AvgIpc) is 2.29. The normalized spacial score (nSPS) is 11.2. The highest BCUT2D eigenvalue weighted by Gasteiger charge is 2.20. The molecular weight excluding hydrogens is 284 g/mol. The van der Waals surface area contributed by atoms with Gasteiger partial charge in [0.15, 0.2) is 0 Å². The first-order chi connectivity index (χ1) is 9.13. The summed E-state index contributed by atoms with van der Waals surface area (Å²) in [6.45, 7) is 4.25. The Morgan fingerprint density at radius 2 is 1.85 bits per heavy atom. The van der Waals surface area contributed by atoms with Gasteiger partial charge in [0.05, 0.1) is 16.5 Å². The Balaban J connectivity index is 3.21. The summed E-state index contributed by atoms with van der Waals surface area (Å²) in [6, 6.07) is 3.92. The molecule has 1 aromatic rings. The lowest BCUT2D eigenvalue weighted by Gasteiger charge is -2.14. The third kappa shape index (κ3) is 3.95. The number of hydrogen-bond acceptors (Lipinski definition) is 4. The van der Waals surface area contributed by atoms with Crippen molar-refractivity contribution < 1.29 is 23.1 Å². The number of amides is 1. The monoisotopic (exact) mass is 300 g/mol. The molecule has 0 heterocycles. The first-order valence-electron chi connectivity index (χ1n) is 5.80. The molecule has 0 unspecified atom stereocenters. The van der Waals surface area contributed by atoms with Crippen LogP contribution in [0.15, 0.2) is 18.2 Å². The van der Waals surface area contributed by atoms with Gasteiger partial charge in [0.2, 0.25) is 15.9 Å². The molecule has 1 rings (SSSR count). The quantitative estimate of drug-likeness (QED) is 0.762. The molecule has 3 N–H and O–H groups in total. The van der Waals surface area contributed by atoms with Crippen LogP contribution in [-0.4, -0.2) is 30.7 Å². The van der Waals surface area contributed by atoms with Gasteiger partial charge in [-0.2, -0.15) is 0 Å². The number of sulfonamides is 1. The minimum Gasteiger partial charge on any atom is -0.478 e. The molecule has 0 spiro atoms. The second kappa shape index (κ2) is 5.91. The molecule has 110 valence electrons. The van der Waals surface area contributed by atoms with Crippen molar-refractivity contribution in [3.8, 4) is 0 Å². The number of carboxylic acid groups (broad SMARTS) is 1. The van der Waals surface area contributed by atoms with Gasteiger partial charge in [-0.25, -0.2) is 13.2 Å². The maximum Gasteiger partial charge on any atom is 0.337 e. The number of carboxylic acids is 1. The lowest BCUT2D eigenvalue weighted by Crippen LogP contribution is -2.23. The summed E-state index contributed by atoms with van der Waals surface area (Å²) in [6.07, 6.45) is 0. The second-order valence-corrected chi connectivity index (χ2v) is 6.68. The van der Waals surface area contributed by atoms with Crippen molar-refractivity contribution in [3.05, 3.63) is 23.8 Å². The number of nitrogens with one attached hydrogen (secondary N) is 2. The van der Waals surface area contributed by atoms with Crippen LogP contribution in [0.25, 0.3) is 0 Å². The highest BCUT2D eigenvalue weighted by Crippen LogP contribution is 2.22. The molecule has 8 heteroatoms. The number of benzene rings is 1. The van der Waals surface area contributed by atoms with Crippen molar-refractivity contribution in [3.63, 3.8) is 0 Å². The van der Waals surface area contributed by atoms with Crippen LogP contribution < -0.4 is 10.0 Å². The van der Waals surface area contributed by atoms with Gasteiger partial charge in [0, 0.05) is 12.6 Å². The van der Waals surface area contributed by atoms with E-state index in [-0.39, 0.29) is 22.8 Å². The van der Waals surface area contributed by atoms with Crippen LogP contribution in [-0.2, 0) is 14.8 Å². The van der Waals surface area contributed by atoms with Crippen molar-refractivity contribution in [2.75, 3.05) is 10.0 Å². The predicted octanol–water partition coefficient (Wildman–Crippen LogP) is 1.49. The number of carbonyl (C=O) groups is 2. The van der Waals surface area contributed by atoms with E-state index in [0.29, 0.717) is 0 Å². The van der Waals surface area contributed by atoms with E-state index in [4.69, 9.17) is 5.11 Å². The topological polar surface area (TPSA) is 113 Å². The fourth-order valence-electron chi connectivity index (χ4n) is 1.36. The molecular formula is C12H16N2O5S. The maximum absolute atomic E-state index is 11.8. The zero-order valence-corrected chi connectivity index (χ0v) is 12.1. The molecule has 1 aromatic carbocycles. The minimum absolute atomic E-state index is 0.0414. The summed E-state index contributed by atoms with van der Waals surface area (Å²) >= 11 is 0. The van der Waals surface area contributed by atoms with Crippen LogP contribution in [0.4, 0.5) is 11.4 Å². The van der Waals surface area contributed by atoms with Gasteiger partial charge in [0.1, 0.15) is 0 Å². The number of aromatic carboxylic acids is 1. The lowest BCUT2D eigenvalue weighted by atomic mass is 10.1. The number of hydrogen-bond donors (Lipinski definition) is 3. The van der Waals surface area contributed by atoms with Crippen LogP contribution in [0.5, 0.6) is 0 Å². The van der Waals surface area contributed by atoms with Crippen molar-refractivity contribution >= 4 is 33.3 Å². The van der Waals surface area contributed by atoms with E-state index in [1.807, 2.05) is 0 Å². The molecule has 0 bridgehead atoms. The Morgan fingerprint density at radius 3 is 2.30 bits per heavy atom. The summed E-state index contributed by atoms with van der Waals surface area (Å²) < 4.78 is 25.8. The van der Waals surface area contributed by atoms with Crippen LogP contribution in [0, 0.1) is 0 Å². The molecule has 0 saturated heterocycles. The van der Waals surface area contributed by atoms with E-state index in [0.717, 1.165) is 0 Å². The highest BCUT2D eigenvalue weighted by molar-refractivity contribution is 7.93. The van der Waals surface area contributed by atoms with E-state index in [1.165, 1.54) is 39.0 Å². The zero-order chi connectivity index (χ0) is 15.5. The molecule has 0 saturated carbocycles. The van der Waals surface area contributed by atoms with Gasteiger partial charge >= 0.3 is 5.97 Å². The molecule has 20 heavy (non-hydrogen) atoms. The fraction of sp³-hybridized carbons (Fsp3) is 0.333. The Bertz CT molecular complexity index is 637. The SMILES string of the molecule is CC(=O)Nc1ccc(NS(=O)(=O)C(C)C)c(C(=O)O)c1. The highest BCUT2D eigenvalue weighted by atomic mass is 32.2. The molecule has 0 aromatic heterocycles. The van der Waals surface area contributed by atoms with E-state index in [2.05, 4.69) is 10.0 Å². The smallest absolute Gasteiger partial charge is 0.337 e. The van der Waals surface area contributed by atoms with Crippen LogP contribution in [0.2, 0.25) is 0 Å². The third-order valence-corrected chi connectivity index (χ3v) is 4.19. The Hall–Kier alpha value is -2.09. The first-order valence-corrected chi connectivity index (χ1v) is 7.34. The summed E-state index contributed by atoms with van der Waals surface area (Å²) in [4.78, 5) is 22.1. The van der Waals surface area contributed by atoms with Gasteiger partial charge in [-0.15, -0.1) is 0 Å². The van der Waals surface area contributed by atoms with Gasteiger partial charge in [-0.1, -0.05) is 0 Å². The largest absolute Gasteiger partial charge is 0.478 e. The summed E-state index contributed by atoms with van der Waals surface area (Å²) in [5.74, 6) is -1.64. The van der Waals surface area contributed by atoms with E-state index >= 15 is 0 Å². The van der Waals surface area contributed by atoms with Crippen LogP contribution >= 0.6 is 0 Å². The van der Waals surface area contributed by atoms with Crippen molar-refractivity contribution in [2.24, 2.45) is 0 Å². The van der Waals surface area contributed by atoms with Gasteiger partial charge in [-0.3, -0.25) is 9.52 Å². The first kappa shape index (κ1) is 16.0. The van der Waals surface area contributed by atoms with Crippen LogP contribution in [0.1, 0.15) is 31.1 Å². The Labute approximate surface area is 117 Å². The summed E-state index contributed by atoms with van der Waals surface area (Å²) in [5, 5.41) is 10.9. The van der Waals surface area contributed by atoms with Crippen LogP contribution in [0.3, 0.4) is 0 Å². The molecule has 0 aliphatic carbocycles. The Kier molecular flexibility index (Phi) is 4.72. The lowest BCUT2D eigenvalue weighted by molar-refractivity contribution is -0.114. The van der Waals surface area contributed by atoms with E-state index in [1.54, 1.807) is 0 Å². The molecule has 0 atom stereocenters. The molecule has 0 fully saturated rings. The third-order valence-electron chi connectivity index (χ3n) is 2.44. The number of anilines is 2. The standard InChI is InChI=1S/C12H16N2O5S/c1-7(2)20(18,19)14-11-5-4-9(13-8(3)15)6-10(11)12(16)17/h4-7,14H,1-3H3,(H,13,15)(H,16,17). The number of carbonyl (C=O) groups excluding carboxylic acids is 1. The second-order valence-electron chi connectivity index (χ2n) is 4.44. The number of rotatable bonds is 5. The summed E-state index contributed by atoms with van der Waals surface area (Å²) in [5.41, 5.74) is 0.00294. The zero-order valence-electron chi connectivity index (χ0n) is 11.3. The molecule has 7 nitrogen and oxygen atoms in total. The summed E-state index contributed by atoms with van der Waals surface area (Å²) in [7, 11) is -3.64. The van der Waals surface area contributed by atoms with Crippen molar-refractivity contribution in [1.29, 1.82) is 0 Å². The van der Waals surface area contributed by atoms with E-state index < -0.39 is 21.2 Å². The van der Waals surface area contributed by atoms with Gasteiger partial charge < -0.3 is 10.4 Å². The fourth-order valence-corrected chi connectivity index (χ4v) is 2.08. The van der Waals surface area contributed by atoms with E-state index in [9.17, 15) is 18.0 Å². The van der Waals surface area contributed by atoms with Gasteiger partial charge in [0.25, 0.3) is 0 Å². The van der Waals surface area contributed by atoms with Gasteiger partial charge in [-0.05, 0) is 32.0 Å². The van der Waals surface area contributed by atoms with Crippen molar-refractivity contribution in [2.45, 2.75) is 26.0 Å². The maximum atomic E-state index is 11.8. The minimum atomic E-state index is -3.64. The molecule has 0 aliphatic heterocycles. The molecule has 1 amide bonds. The predicted molar refractivity (Wildman–Crippen MR) is 75.4 cm³/mol. The molecule has 0 radical (unpaired) electrons. The Morgan fingerprint density at radius 1 is 1.25 bits per heavy atom. The average molecular weight is 300 g/mol. The van der Waals surface area contributed by atoms with Crippen molar-refractivity contribution in [1.82, 2.24) is 0 Å².